The molecule has 0 aliphatic carbocycles. The lowest BCUT2D eigenvalue weighted by atomic mass is 9.98. The molecule has 15 heavy (non-hydrogen) atoms. The smallest absolute Gasteiger partial charge is 0.176 e. The number of nitrogens with two attached hydrogens (primary N) is 1. The Labute approximate surface area is 87.9 Å². The van der Waals surface area contributed by atoms with Crippen LogP contribution in [-0.4, -0.2) is 59.2 Å². The van der Waals surface area contributed by atoms with E-state index in [1.165, 1.54) is 6.08 Å². The SMILES string of the molecule is C=CCO[C@H]1O[C@H](CO)[C@@H](O)[C@H](O)[C@H]1N. The van der Waals surface area contributed by atoms with Crippen LogP contribution >= 0.6 is 0 Å². The van der Waals surface area contributed by atoms with Gasteiger partial charge in [-0.05, 0) is 0 Å². The van der Waals surface area contributed by atoms with Gasteiger partial charge in [0.15, 0.2) is 6.29 Å². The molecule has 1 fully saturated rings. The van der Waals surface area contributed by atoms with E-state index in [1.54, 1.807) is 0 Å². The summed E-state index contributed by atoms with van der Waals surface area (Å²) in [5.41, 5.74) is 5.59. The van der Waals surface area contributed by atoms with E-state index in [4.69, 9.17) is 20.3 Å². The van der Waals surface area contributed by atoms with Crippen molar-refractivity contribution in [3.63, 3.8) is 0 Å². The molecule has 0 unspecified atom stereocenters. The van der Waals surface area contributed by atoms with Gasteiger partial charge in [0, 0.05) is 0 Å². The first kappa shape index (κ1) is 12.6. The van der Waals surface area contributed by atoms with E-state index >= 15 is 0 Å². The molecule has 0 radical (unpaired) electrons. The van der Waals surface area contributed by atoms with Crippen molar-refractivity contribution in [3.05, 3.63) is 12.7 Å². The minimum Gasteiger partial charge on any atom is -0.394 e. The minimum atomic E-state index is -1.20. The molecule has 6 heteroatoms. The van der Waals surface area contributed by atoms with E-state index in [-0.39, 0.29) is 6.61 Å². The van der Waals surface area contributed by atoms with Crippen LogP contribution < -0.4 is 5.73 Å². The van der Waals surface area contributed by atoms with Gasteiger partial charge in [-0.1, -0.05) is 6.08 Å². The predicted molar refractivity (Wildman–Crippen MR) is 51.9 cm³/mol. The van der Waals surface area contributed by atoms with Gasteiger partial charge < -0.3 is 30.5 Å². The van der Waals surface area contributed by atoms with Crippen LogP contribution in [0.25, 0.3) is 0 Å². The summed E-state index contributed by atoms with van der Waals surface area (Å²) in [6, 6.07) is -0.845. The molecule has 5 atom stereocenters. The molecule has 0 bridgehead atoms. The van der Waals surface area contributed by atoms with Crippen LogP contribution in [0.15, 0.2) is 12.7 Å². The van der Waals surface area contributed by atoms with Crippen molar-refractivity contribution in [2.24, 2.45) is 5.73 Å². The normalized spacial score (nSPS) is 41.5. The molecule has 0 aromatic carbocycles. The van der Waals surface area contributed by atoms with Crippen molar-refractivity contribution in [3.8, 4) is 0 Å². The van der Waals surface area contributed by atoms with Gasteiger partial charge in [0.25, 0.3) is 0 Å². The molecular weight excluding hydrogens is 202 g/mol. The second-order valence-corrected chi connectivity index (χ2v) is 3.41. The van der Waals surface area contributed by atoms with E-state index in [1.807, 2.05) is 0 Å². The highest BCUT2D eigenvalue weighted by atomic mass is 16.7. The number of rotatable bonds is 4. The summed E-state index contributed by atoms with van der Waals surface area (Å²) in [5.74, 6) is 0. The van der Waals surface area contributed by atoms with Crippen molar-refractivity contribution in [2.45, 2.75) is 30.6 Å². The standard InChI is InChI=1S/C9H17NO5/c1-2-3-14-9-6(10)8(13)7(12)5(4-11)15-9/h2,5-9,11-13H,1,3-4,10H2/t5-,6-,7-,8-,9+/m1/s1. The average Bonchev–Trinajstić information content (AvgIpc) is 2.25. The van der Waals surface area contributed by atoms with Gasteiger partial charge in [-0.2, -0.15) is 0 Å². The largest absolute Gasteiger partial charge is 0.394 e. The minimum absolute atomic E-state index is 0.222. The van der Waals surface area contributed by atoms with Crippen LogP contribution in [0.5, 0.6) is 0 Å². The summed E-state index contributed by atoms with van der Waals surface area (Å²) in [7, 11) is 0. The molecule has 1 heterocycles. The maximum atomic E-state index is 9.55. The lowest BCUT2D eigenvalue weighted by molar-refractivity contribution is -0.262. The van der Waals surface area contributed by atoms with Gasteiger partial charge in [0.1, 0.15) is 18.3 Å². The number of aliphatic hydroxyl groups is 3. The first-order valence-corrected chi connectivity index (χ1v) is 4.72. The van der Waals surface area contributed by atoms with E-state index in [0.717, 1.165) is 0 Å². The third kappa shape index (κ3) is 2.75. The molecule has 88 valence electrons. The monoisotopic (exact) mass is 219 g/mol. The lowest BCUT2D eigenvalue weighted by Crippen LogP contribution is -2.62. The van der Waals surface area contributed by atoms with E-state index in [0.29, 0.717) is 0 Å². The number of aliphatic hydroxyl groups excluding tert-OH is 3. The summed E-state index contributed by atoms with van der Waals surface area (Å²) >= 11 is 0. The molecule has 1 aliphatic heterocycles. The maximum absolute atomic E-state index is 9.55. The zero-order chi connectivity index (χ0) is 11.4. The van der Waals surface area contributed by atoms with E-state index in [9.17, 15) is 10.2 Å². The van der Waals surface area contributed by atoms with Gasteiger partial charge in [-0.25, -0.2) is 0 Å². The summed E-state index contributed by atoms with van der Waals surface area (Å²) in [5, 5.41) is 27.9. The lowest BCUT2D eigenvalue weighted by Gasteiger charge is -2.40. The van der Waals surface area contributed by atoms with Gasteiger partial charge in [-0.15, -0.1) is 6.58 Å². The molecule has 0 amide bonds. The molecule has 1 aliphatic rings. The van der Waals surface area contributed by atoms with Crippen LogP contribution in [0.2, 0.25) is 0 Å². The average molecular weight is 219 g/mol. The summed E-state index contributed by atoms with van der Waals surface area (Å²) < 4.78 is 10.3. The van der Waals surface area contributed by atoms with Gasteiger partial charge >= 0.3 is 0 Å². The van der Waals surface area contributed by atoms with Crippen LogP contribution in [-0.2, 0) is 9.47 Å². The molecule has 0 aromatic heterocycles. The topological polar surface area (TPSA) is 105 Å². The van der Waals surface area contributed by atoms with Crippen LogP contribution in [0, 0.1) is 0 Å². The Morgan fingerprint density at radius 3 is 2.60 bits per heavy atom. The quantitative estimate of drug-likeness (QED) is 0.406. The Morgan fingerprint density at radius 2 is 2.07 bits per heavy atom. The third-order valence-electron chi connectivity index (χ3n) is 2.31. The first-order chi connectivity index (χ1) is 7.11. The van der Waals surface area contributed by atoms with Gasteiger partial charge in [-0.3, -0.25) is 0 Å². The highest BCUT2D eigenvalue weighted by Crippen LogP contribution is 2.20. The van der Waals surface area contributed by atoms with Crippen LogP contribution in [0.3, 0.4) is 0 Å². The van der Waals surface area contributed by atoms with Gasteiger partial charge in [0.2, 0.25) is 0 Å². The predicted octanol–water partition coefficient (Wildman–Crippen LogP) is -2.04. The van der Waals surface area contributed by atoms with E-state index in [2.05, 4.69) is 6.58 Å². The molecule has 6 nitrogen and oxygen atoms in total. The Hall–Kier alpha value is -0.500. The van der Waals surface area contributed by atoms with Crippen molar-refractivity contribution in [1.29, 1.82) is 0 Å². The van der Waals surface area contributed by atoms with Crippen molar-refractivity contribution >= 4 is 0 Å². The number of ether oxygens (including phenoxy) is 2. The highest BCUT2D eigenvalue weighted by Gasteiger charge is 2.42. The fourth-order valence-corrected chi connectivity index (χ4v) is 1.42. The molecule has 1 saturated heterocycles. The van der Waals surface area contributed by atoms with Gasteiger partial charge in [0.05, 0.1) is 19.3 Å². The fourth-order valence-electron chi connectivity index (χ4n) is 1.42. The summed E-state index contributed by atoms with van der Waals surface area (Å²) in [4.78, 5) is 0. The number of hydrogen-bond acceptors (Lipinski definition) is 6. The number of hydrogen-bond donors (Lipinski definition) is 4. The Kier molecular flexibility index (Phi) is 4.65. The molecule has 1 rings (SSSR count). The van der Waals surface area contributed by atoms with Crippen molar-refractivity contribution < 1.29 is 24.8 Å². The van der Waals surface area contributed by atoms with Crippen LogP contribution in [0.1, 0.15) is 0 Å². The maximum Gasteiger partial charge on any atom is 0.176 e. The molecule has 0 saturated carbocycles. The molecule has 0 aromatic rings. The summed E-state index contributed by atoms with van der Waals surface area (Å²) in [6.07, 6.45) is -2.59. The Bertz CT molecular complexity index is 211. The second-order valence-electron chi connectivity index (χ2n) is 3.41. The molecule has 5 N–H and O–H groups in total. The zero-order valence-electron chi connectivity index (χ0n) is 8.32. The second kappa shape index (κ2) is 5.55. The zero-order valence-corrected chi connectivity index (χ0v) is 8.32. The molecular formula is C9H17NO5. The Morgan fingerprint density at radius 1 is 1.40 bits per heavy atom. The third-order valence-corrected chi connectivity index (χ3v) is 2.31. The van der Waals surface area contributed by atoms with Crippen molar-refractivity contribution in [1.82, 2.24) is 0 Å². The van der Waals surface area contributed by atoms with Crippen LogP contribution in [0.4, 0.5) is 0 Å². The fraction of sp³-hybridized carbons (Fsp3) is 0.778. The Balaban J connectivity index is 2.60. The molecule has 0 spiro atoms. The first-order valence-electron chi connectivity index (χ1n) is 4.72. The highest BCUT2D eigenvalue weighted by molar-refractivity contribution is 4.91. The van der Waals surface area contributed by atoms with E-state index < -0.39 is 37.3 Å². The van der Waals surface area contributed by atoms with Crippen molar-refractivity contribution in [2.75, 3.05) is 13.2 Å². The summed E-state index contributed by atoms with van der Waals surface area (Å²) in [6.45, 7) is 3.28.